The summed E-state index contributed by atoms with van der Waals surface area (Å²) >= 11 is 0. The zero-order chi connectivity index (χ0) is 26.5. The number of hydrogen-bond donors (Lipinski definition) is 3. The van der Waals surface area contributed by atoms with Gasteiger partial charge in [-0.2, -0.15) is 5.10 Å². The normalized spacial score (nSPS) is 11.7. The van der Waals surface area contributed by atoms with Crippen molar-refractivity contribution in [1.82, 2.24) is 20.4 Å². The van der Waals surface area contributed by atoms with Crippen LogP contribution in [0.3, 0.4) is 0 Å². The maximum atomic E-state index is 13.4. The number of carbonyl (C=O) groups is 3. The minimum Gasteiger partial charge on any atom is -0.344 e. The molecule has 3 amide bonds. The van der Waals surface area contributed by atoms with Gasteiger partial charge in [0.2, 0.25) is 11.8 Å². The van der Waals surface area contributed by atoms with E-state index in [1.807, 2.05) is 0 Å². The van der Waals surface area contributed by atoms with Gasteiger partial charge in [0, 0.05) is 25.2 Å². The number of nitrogens with zero attached hydrogens (tertiary/aromatic N) is 2. The summed E-state index contributed by atoms with van der Waals surface area (Å²) in [6, 6.07) is 3.47. The number of amides is 3. The standard InChI is InChI=1S/C26H37F2N5O3/c1-4-7-9-11-33(12-10-8-5-2)26(36)22-17-23(32-31-22)30-25(35)21(6-3)29-24(34)15-18-13-19(27)16-20(28)14-18/h13-14,16-17,21H,4-12,15H2,1-3H3,(H,29,34)(H2,30,31,32,35). The number of nitrogens with one attached hydrogen (secondary N) is 3. The molecule has 0 bridgehead atoms. The van der Waals surface area contributed by atoms with E-state index >= 15 is 0 Å². The highest BCUT2D eigenvalue weighted by Gasteiger charge is 2.22. The lowest BCUT2D eigenvalue weighted by Gasteiger charge is -2.21. The first-order valence-electron chi connectivity index (χ1n) is 12.7. The third kappa shape index (κ3) is 9.39. The molecule has 1 aromatic carbocycles. The average molecular weight is 506 g/mol. The van der Waals surface area contributed by atoms with E-state index in [0.29, 0.717) is 13.1 Å². The van der Waals surface area contributed by atoms with Crippen LogP contribution in [0.1, 0.15) is 81.8 Å². The van der Waals surface area contributed by atoms with Gasteiger partial charge in [-0.05, 0) is 37.0 Å². The van der Waals surface area contributed by atoms with E-state index in [4.69, 9.17) is 0 Å². The Morgan fingerprint density at radius 3 is 2.11 bits per heavy atom. The fourth-order valence-corrected chi connectivity index (χ4v) is 3.79. The summed E-state index contributed by atoms with van der Waals surface area (Å²) < 4.78 is 26.7. The molecule has 1 atom stereocenters. The van der Waals surface area contributed by atoms with Gasteiger partial charge in [0.15, 0.2) is 5.69 Å². The van der Waals surface area contributed by atoms with Gasteiger partial charge in [-0.3, -0.25) is 19.5 Å². The highest BCUT2D eigenvalue weighted by Crippen LogP contribution is 2.13. The summed E-state index contributed by atoms with van der Waals surface area (Å²) in [5.41, 5.74) is 0.378. The molecule has 198 valence electrons. The lowest BCUT2D eigenvalue weighted by Crippen LogP contribution is -2.44. The van der Waals surface area contributed by atoms with Crippen molar-refractivity contribution in [3.63, 3.8) is 0 Å². The molecule has 3 N–H and O–H groups in total. The quantitative estimate of drug-likeness (QED) is 0.308. The van der Waals surface area contributed by atoms with Crippen LogP contribution in [0.2, 0.25) is 0 Å². The third-order valence-corrected chi connectivity index (χ3v) is 5.75. The van der Waals surface area contributed by atoms with Crippen LogP contribution < -0.4 is 10.6 Å². The van der Waals surface area contributed by atoms with Gasteiger partial charge in [0.25, 0.3) is 5.91 Å². The zero-order valence-electron chi connectivity index (χ0n) is 21.3. The van der Waals surface area contributed by atoms with Crippen molar-refractivity contribution in [3.05, 3.63) is 47.2 Å². The monoisotopic (exact) mass is 505 g/mol. The molecular formula is C26H37F2N5O3. The Morgan fingerprint density at radius 1 is 0.944 bits per heavy atom. The number of unbranched alkanes of at least 4 members (excludes halogenated alkanes) is 4. The first-order chi connectivity index (χ1) is 17.3. The fraction of sp³-hybridized carbons (Fsp3) is 0.538. The van der Waals surface area contributed by atoms with Crippen molar-refractivity contribution >= 4 is 23.5 Å². The zero-order valence-corrected chi connectivity index (χ0v) is 21.3. The molecule has 36 heavy (non-hydrogen) atoms. The fourth-order valence-electron chi connectivity index (χ4n) is 3.79. The van der Waals surface area contributed by atoms with E-state index in [1.165, 1.54) is 6.07 Å². The van der Waals surface area contributed by atoms with E-state index in [9.17, 15) is 23.2 Å². The average Bonchev–Trinajstić information content (AvgIpc) is 3.29. The van der Waals surface area contributed by atoms with E-state index in [2.05, 4.69) is 34.7 Å². The number of aromatic amines is 1. The summed E-state index contributed by atoms with van der Waals surface area (Å²) in [5, 5.41) is 12.0. The second kappa shape index (κ2) is 15.0. The van der Waals surface area contributed by atoms with Crippen molar-refractivity contribution < 1.29 is 23.2 Å². The Bertz CT molecular complexity index is 981. The lowest BCUT2D eigenvalue weighted by atomic mass is 10.1. The van der Waals surface area contributed by atoms with Gasteiger partial charge < -0.3 is 15.5 Å². The van der Waals surface area contributed by atoms with E-state index in [-0.39, 0.29) is 35.8 Å². The topological polar surface area (TPSA) is 107 Å². The number of benzene rings is 1. The van der Waals surface area contributed by atoms with Crippen molar-refractivity contribution in [3.8, 4) is 0 Å². The molecule has 1 unspecified atom stereocenters. The Kier molecular flexibility index (Phi) is 12.0. The van der Waals surface area contributed by atoms with Gasteiger partial charge in [-0.1, -0.05) is 46.5 Å². The smallest absolute Gasteiger partial charge is 0.274 e. The van der Waals surface area contributed by atoms with Gasteiger partial charge in [-0.15, -0.1) is 0 Å². The molecule has 0 aliphatic rings. The second-order valence-electron chi connectivity index (χ2n) is 8.85. The van der Waals surface area contributed by atoms with Crippen LogP contribution in [0.25, 0.3) is 0 Å². The lowest BCUT2D eigenvalue weighted by molar-refractivity contribution is -0.126. The highest BCUT2D eigenvalue weighted by atomic mass is 19.1. The first-order valence-corrected chi connectivity index (χ1v) is 12.7. The largest absolute Gasteiger partial charge is 0.344 e. The van der Waals surface area contributed by atoms with Gasteiger partial charge >= 0.3 is 0 Å². The SMILES string of the molecule is CCCCCN(CCCCC)C(=O)c1cc(NC(=O)C(CC)NC(=O)Cc2cc(F)cc(F)c2)[nH]n1. The van der Waals surface area contributed by atoms with Crippen LogP contribution in [-0.4, -0.2) is 52.0 Å². The third-order valence-electron chi connectivity index (χ3n) is 5.75. The molecule has 0 aliphatic carbocycles. The summed E-state index contributed by atoms with van der Waals surface area (Å²) in [7, 11) is 0. The molecule has 10 heteroatoms. The summed E-state index contributed by atoms with van der Waals surface area (Å²) in [6.07, 6.45) is 6.05. The number of carbonyl (C=O) groups excluding carboxylic acids is 3. The number of aromatic nitrogens is 2. The molecule has 1 heterocycles. The molecule has 0 radical (unpaired) electrons. The van der Waals surface area contributed by atoms with E-state index in [0.717, 1.165) is 56.7 Å². The van der Waals surface area contributed by atoms with Crippen LogP contribution in [0, 0.1) is 11.6 Å². The summed E-state index contributed by atoms with van der Waals surface area (Å²) in [5.74, 6) is -2.55. The first kappa shape index (κ1) is 28.9. The van der Waals surface area contributed by atoms with Crippen molar-refractivity contribution in [2.75, 3.05) is 18.4 Å². The minimum absolute atomic E-state index is 0.166. The van der Waals surface area contributed by atoms with Crippen LogP contribution >= 0.6 is 0 Å². The maximum absolute atomic E-state index is 13.4. The number of H-pyrrole nitrogens is 1. The van der Waals surface area contributed by atoms with Crippen molar-refractivity contribution in [1.29, 1.82) is 0 Å². The Balaban J connectivity index is 1.97. The van der Waals surface area contributed by atoms with E-state index in [1.54, 1.807) is 11.8 Å². The number of rotatable bonds is 15. The van der Waals surface area contributed by atoms with Gasteiger partial charge in [0.1, 0.15) is 23.5 Å². The number of hydrogen-bond acceptors (Lipinski definition) is 4. The molecule has 2 rings (SSSR count). The van der Waals surface area contributed by atoms with Crippen LogP contribution in [0.5, 0.6) is 0 Å². The Morgan fingerprint density at radius 2 is 1.56 bits per heavy atom. The van der Waals surface area contributed by atoms with Gasteiger partial charge in [0.05, 0.1) is 6.42 Å². The molecule has 0 spiro atoms. The molecular weight excluding hydrogens is 468 g/mol. The number of anilines is 1. The van der Waals surface area contributed by atoms with E-state index < -0.39 is 29.5 Å². The molecule has 8 nitrogen and oxygen atoms in total. The predicted octanol–water partition coefficient (Wildman–Crippen LogP) is 4.59. The summed E-state index contributed by atoms with van der Waals surface area (Å²) in [4.78, 5) is 39.9. The summed E-state index contributed by atoms with van der Waals surface area (Å²) in [6.45, 7) is 7.26. The van der Waals surface area contributed by atoms with Crippen LogP contribution in [0.4, 0.5) is 14.6 Å². The van der Waals surface area contributed by atoms with Crippen molar-refractivity contribution in [2.24, 2.45) is 0 Å². The van der Waals surface area contributed by atoms with Crippen molar-refractivity contribution in [2.45, 2.75) is 78.2 Å². The minimum atomic E-state index is -0.877. The number of halogens is 2. The molecule has 0 aliphatic heterocycles. The maximum Gasteiger partial charge on any atom is 0.274 e. The second-order valence-corrected chi connectivity index (χ2v) is 8.85. The van der Waals surface area contributed by atoms with Gasteiger partial charge in [-0.25, -0.2) is 8.78 Å². The molecule has 0 saturated carbocycles. The molecule has 0 saturated heterocycles. The highest BCUT2D eigenvalue weighted by molar-refractivity contribution is 5.98. The Labute approximate surface area is 211 Å². The molecule has 2 aromatic rings. The molecule has 1 aromatic heterocycles. The van der Waals surface area contributed by atoms with Crippen LogP contribution in [-0.2, 0) is 16.0 Å². The Hall–Kier alpha value is -3.30. The predicted molar refractivity (Wildman–Crippen MR) is 134 cm³/mol. The molecule has 0 fully saturated rings. The van der Waals surface area contributed by atoms with Crippen LogP contribution in [0.15, 0.2) is 24.3 Å².